The highest BCUT2D eigenvalue weighted by Gasteiger charge is 2.37. The summed E-state index contributed by atoms with van der Waals surface area (Å²) in [5.41, 5.74) is 1.39. The van der Waals surface area contributed by atoms with Gasteiger partial charge in [0.2, 0.25) is 0 Å². The summed E-state index contributed by atoms with van der Waals surface area (Å²) in [5.74, 6) is 1.60. The molecule has 1 aromatic rings. The Balaban J connectivity index is 1.63. The zero-order chi connectivity index (χ0) is 21.0. The van der Waals surface area contributed by atoms with E-state index in [4.69, 9.17) is 0 Å². The van der Waals surface area contributed by atoms with Gasteiger partial charge < -0.3 is 0 Å². The summed E-state index contributed by atoms with van der Waals surface area (Å²) in [6, 6.07) is 4.17. The van der Waals surface area contributed by atoms with E-state index in [2.05, 4.69) is 13.0 Å². The highest BCUT2D eigenvalue weighted by molar-refractivity contribution is 5.68. The van der Waals surface area contributed by atoms with Crippen molar-refractivity contribution in [3.05, 3.63) is 35.7 Å². The number of allylic oxidation sites excluding steroid dienone is 2. The molecule has 0 amide bonds. The van der Waals surface area contributed by atoms with Crippen LogP contribution in [0.25, 0.3) is 5.57 Å². The van der Waals surface area contributed by atoms with E-state index in [1.54, 1.807) is 6.07 Å². The highest BCUT2D eigenvalue weighted by atomic mass is 19.4. The van der Waals surface area contributed by atoms with Crippen LogP contribution in [-0.2, 0) is 0 Å². The van der Waals surface area contributed by atoms with Crippen molar-refractivity contribution < 1.29 is 17.6 Å². The molecule has 0 N–H and O–H groups in total. The van der Waals surface area contributed by atoms with Crippen molar-refractivity contribution in [2.75, 3.05) is 11.4 Å². The number of anilines is 1. The summed E-state index contributed by atoms with van der Waals surface area (Å²) in [4.78, 5) is 0.145. The molecule has 0 aliphatic heterocycles. The minimum atomic E-state index is -4.58. The molecule has 2 aliphatic rings. The van der Waals surface area contributed by atoms with Crippen LogP contribution in [0, 0.1) is 23.6 Å². The van der Waals surface area contributed by atoms with E-state index >= 15 is 0 Å². The molecule has 5 heteroatoms. The SMILES string of the molecule is CCCC1CCC(C2CC=C(c3ccc(N(CC)C(F)(F)F)c(F)c3)CC2)CC1. The van der Waals surface area contributed by atoms with E-state index < -0.39 is 17.8 Å². The smallest absolute Gasteiger partial charge is 0.281 e. The monoisotopic (exact) mass is 411 g/mol. The molecule has 162 valence electrons. The zero-order valence-corrected chi connectivity index (χ0v) is 17.6. The van der Waals surface area contributed by atoms with Gasteiger partial charge in [-0.1, -0.05) is 44.7 Å². The van der Waals surface area contributed by atoms with Gasteiger partial charge in [0.05, 0.1) is 5.69 Å². The van der Waals surface area contributed by atoms with Crippen molar-refractivity contribution in [2.45, 2.75) is 77.9 Å². The average Bonchev–Trinajstić information content (AvgIpc) is 2.70. The van der Waals surface area contributed by atoms with Gasteiger partial charge in [-0.25, -0.2) is 4.39 Å². The number of halogens is 4. The van der Waals surface area contributed by atoms with Crippen LogP contribution >= 0.6 is 0 Å². The molecule has 1 unspecified atom stereocenters. The van der Waals surface area contributed by atoms with Gasteiger partial charge in [-0.3, -0.25) is 4.90 Å². The second-order valence-electron chi connectivity index (χ2n) is 8.71. The number of hydrogen-bond acceptors (Lipinski definition) is 1. The van der Waals surface area contributed by atoms with E-state index in [0.717, 1.165) is 42.2 Å². The summed E-state index contributed by atoms with van der Waals surface area (Å²) in [6.45, 7) is 3.32. The van der Waals surface area contributed by atoms with E-state index in [-0.39, 0.29) is 11.4 Å². The fourth-order valence-electron chi connectivity index (χ4n) is 5.31. The third-order valence-corrected chi connectivity index (χ3v) is 6.94. The van der Waals surface area contributed by atoms with Crippen molar-refractivity contribution in [1.29, 1.82) is 0 Å². The summed E-state index contributed by atoms with van der Waals surface area (Å²) in [5, 5.41) is 0. The van der Waals surface area contributed by atoms with E-state index in [9.17, 15) is 17.6 Å². The first-order valence-corrected chi connectivity index (χ1v) is 11.2. The summed E-state index contributed by atoms with van der Waals surface area (Å²) >= 11 is 0. The Morgan fingerprint density at radius 1 is 1.00 bits per heavy atom. The molecule has 1 fully saturated rings. The van der Waals surface area contributed by atoms with E-state index in [1.165, 1.54) is 57.6 Å². The first-order valence-electron chi connectivity index (χ1n) is 11.2. The lowest BCUT2D eigenvalue weighted by Crippen LogP contribution is -2.38. The minimum Gasteiger partial charge on any atom is -0.281 e. The predicted molar refractivity (Wildman–Crippen MR) is 111 cm³/mol. The summed E-state index contributed by atoms with van der Waals surface area (Å²) < 4.78 is 53.7. The van der Waals surface area contributed by atoms with Crippen LogP contribution in [0.1, 0.15) is 77.2 Å². The van der Waals surface area contributed by atoms with Crippen LogP contribution in [0.3, 0.4) is 0 Å². The van der Waals surface area contributed by atoms with Gasteiger partial charge >= 0.3 is 6.30 Å². The third-order valence-electron chi connectivity index (χ3n) is 6.94. The van der Waals surface area contributed by atoms with Gasteiger partial charge in [-0.2, -0.15) is 13.2 Å². The average molecular weight is 412 g/mol. The van der Waals surface area contributed by atoms with Crippen LogP contribution in [0.15, 0.2) is 24.3 Å². The predicted octanol–water partition coefficient (Wildman–Crippen LogP) is 7.96. The first-order chi connectivity index (χ1) is 13.8. The van der Waals surface area contributed by atoms with Gasteiger partial charge in [0.25, 0.3) is 0 Å². The molecule has 0 radical (unpaired) electrons. The van der Waals surface area contributed by atoms with Crippen molar-refractivity contribution in [3.8, 4) is 0 Å². The molecule has 1 atom stereocenters. The lowest BCUT2D eigenvalue weighted by atomic mass is 9.70. The van der Waals surface area contributed by atoms with Crippen LogP contribution in [-0.4, -0.2) is 12.8 Å². The van der Waals surface area contributed by atoms with Gasteiger partial charge in [-0.15, -0.1) is 0 Å². The number of hydrogen-bond donors (Lipinski definition) is 0. The zero-order valence-electron chi connectivity index (χ0n) is 17.6. The Hall–Kier alpha value is -1.52. The van der Waals surface area contributed by atoms with Crippen molar-refractivity contribution in [2.24, 2.45) is 17.8 Å². The standard InChI is InChI=1S/C24H33F4N/c1-3-5-17-6-8-18(9-7-17)19-10-12-20(13-11-19)21-14-15-23(22(25)16-21)29(4-2)24(26,27)28/h12,14-19H,3-11,13H2,1-2H3. The summed E-state index contributed by atoms with van der Waals surface area (Å²) in [6.07, 6.45) is 8.59. The minimum absolute atomic E-state index is 0.145. The summed E-state index contributed by atoms with van der Waals surface area (Å²) in [7, 11) is 0. The molecule has 2 aliphatic carbocycles. The van der Waals surface area contributed by atoms with Gasteiger partial charge in [0, 0.05) is 6.54 Å². The quantitative estimate of drug-likeness (QED) is 0.339. The molecule has 1 nitrogen and oxygen atoms in total. The maximum atomic E-state index is 14.5. The second-order valence-corrected chi connectivity index (χ2v) is 8.71. The molecule has 29 heavy (non-hydrogen) atoms. The normalized spacial score (nSPS) is 25.6. The fourth-order valence-corrected chi connectivity index (χ4v) is 5.31. The third kappa shape index (κ3) is 5.35. The molecule has 0 spiro atoms. The molecular weight excluding hydrogens is 378 g/mol. The molecule has 1 aromatic carbocycles. The van der Waals surface area contributed by atoms with Crippen LogP contribution in [0.2, 0.25) is 0 Å². The fraction of sp³-hybridized carbons (Fsp3) is 0.667. The largest absolute Gasteiger partial charge is 0.485 e. The van der Waals surface area contributed by atoms with E-state index in [0.29, 0.717) is 5.92 Å². The maximum Gasteiger partial charge on any atom is 0.485 e. The molecular formula is C24H33F4N. The molecule has 0 heterocycles. The molecule has 0 aromatic heterocycles. The van der Waals surface area contributed by atoms with E-state index in [1.807, 2.05) is 0 Å². The molecule has 1 saturated carbocycles. The first kappa shape index (κ1) is 22.2. The Bertz CT molecular complexity index is 701. The maximum absolute atomic E-state index is 14.5. The lowest BCUT2D eigenvalue weighted by Gasteiger charge is -2.35. The van der Waals surface area contributed by atoms with Crippen molar-refractivity contribution in [1.82, 2.24) is 0 Å². The molecule has 3 rings (SSSR count). The number of rotatable bonds is 6. The lowest BCUT2D eigenvalue weighted by molar-refractivity contribution is -0.129. The van der Waals surface area contributed by atoms with Gasteiger partial charge in [-0.05, 0) is 80.1 Å². The Morgan fingerprint density at radius 3 is 2.24 bits per heavy atom. The van der Waals surface area contributed by atoms with Crippen molar-refractivity contribution >= 4 is 11.3 Å². The van der Waals surface area contributed by atoms with Gasteiger partial charge in [0.15, 0.2) is 0 Å². The topological polar surface area (TPSA) is 3.24 Å². The van der Waals surface area contributed by atoms with Crippen LogP contribution in [0.4, 0.5) is 23.2 Å². The second kappa shape index (κ2) is 9.53. The number of alkyl halides is 3. The number of nitrogens with zero attached hydrogens (tertiary/aromatic N) is 1. The highest BCUT2D eigenvalue weighted by Crippen LogP contribution is 2.42. The number of benzene rings is 1. The Labute approximate surface area is 172 Å². The Morgan fingerprint density at radius 2 is 1.72 bits per heavy atom. The van der Waals surface area contributed by atoms with Crippen LogP contribution in [0.5, 0.6) is 0 Å². The Kier molecular flexibility index (Phi) is 7.28. The van der Waals surface area contributed by atoms with Crippen LogP contribution < -0.4 is 4.90 Å². The van der Waals surface area contributed by atoms with Gasteiger partial charge in [0.1, 0.15) is 5.82 Å². The molecule has 0 bridgehead atoms. The molecule has 0 saturated heterocycles. The van der Waals surface area contributed by atoms with Crippen molar-refractivity contribution in [3.63, 3.8) is 0 Å².